The third kappa shape index (κ3) is 4.56. The molecule has 82 valence electrons. The topological polar surface area (TPSA) is 62.5 Å². The molecule has 0 aliphatic heterocycles. The van der Waals surface area contributed by atoms with Crippen molar-refractivity contribution in [2.75, 3.05) is 26.9 Å². The van der Waals surface area contributed by atoms with Crippen molar-refractivity contribution in [2.45, 2.75) is 26.4 Å². The summed E-state index contributed by atoms with van der Waals surface area (Å²) in [6.45, 7) is 5.80. The van der Waals surface area contributed by atoms with Crippen molar-refractivity contribution in [1.29, 1.82) is 5.26 Å². The zero-order valence-corrected chi connectivity index (χ0v) is 9.33. The van der Waals surface area contributed by atoms with E-state index < -0.39 is 5.41 Å². The molecule has 0 amide bonds. The van der Waals surface area contributed by atoms with Crippen LogP contribution < -0.4 is 0 Å². The Morgan fingerprint density at radius 1 is 1.29 bits per heavy atom. The maximum Gasteiger partial charge on any atom is 0.127 e. The van der Waals surface area contributed by atoms with Crippen LogP contribution in [0.3, 0.4) is 0 Å². The highest BCUT2D eigenvalue weighted by atomic mass is 16.5. The summed E-state index contributed by atoms with van der Waals surface area (Å²) in [5.74, 6) is 0. The number of aliphatic hydroxyl groups is 1. The number of hydrogen-bond donors (Lipinski definition) is 1. The van der Waals surface area contributed by atoms with Gasteiger partial charge in [0.2, 0.25) is 0 Å². The quantitative estimate of drug-likeness (QED) is 0.719. The summed E-state index contributed by atoms with van der Waals surface area (Å²) in [5.41, 5.74) is -1.26. The predicted octanol–water partition coefficient (Wildman–Crippen LogP) is 0.950. The van der Waals surface area contributed by atoms with Gasteiger partial charge in [0.1, 0.15) is 5.41 Å². The molecule has 0 rings (SSSR count). The third-order valence-electron chi connectivity index (χ3n) is 1.74. The summed E-state index contributed by atoms with van der Waals surface area (Å²) in [6, 6.07) is 2.04. The Morgan fingerprint density at radius 3 is 2.14 bits per heavy atom. The Morgan fingerprint density at radius 2 is 1.86 bits per heavy atom. The number of hydrogen-bond acceptors (Lipinski definition) is 4. The van der Waals surface area contributed by atoms with Crippen LogP contribution in [0.5, 0.6) is 0 Å². The van der Waals surface area contributed by atoms with Crippen LogP contribution >= 0.6 is 0 Å². The molecule has 0 aliphatic rings. The molecule has 0 heterocycles. The summed E-state index contributed by atoms with van der Waals surface area (Å²) in [4.78, 5) is 0. The second kappa shape index (κ2) is 5.30. The number of rotatable bonds is 5. The van der Waals surface area contributed by atoms with Crippen LogP contribution in [0.2, 0.25) is 0 Å². The number of aliphatic hydroxyl groups excluding tert-OH is 1. The molecule has 1 unspecified atom stereocenters. The van der Waals surface area contributed by atoms with Crippen molar-refractivity contribution < 1.29 is 14.6 Å². The molecule has 0 spiro atoms. The van der Waals surface area contributed by atoms with Crippen LogP contribution in [0, 0.1) is 16.7 Å². The summed E-state index contributed by atoms with van der Waals surface area (Å²) >= 11 is 0. The standard InChI is InChI=1S/C10H19NO3/c1-9(2,3)14-8-10(5-11,6-12)7-13-4/h12H,6-8H2,1-4H3. The van der Waals surface area contributed by atoms with E-state index in [0.29, 0.717) is 0 Å². The van der Waals surface area contributed by atoms with Crippen LogP contribution in [-0.2, 0) is 9.47 Å². The lowest BCUT2D eigenvalue weighted by molar-refractivity contribution is -0.0689. The molecule has 0 radical (unpaired) electrons. The van der Waals surface area contributed by atoms with E-state index >= 15 is 0 Å². The first-order valence-corrected chi connectivity index (χ1v) is 4.54. The van der Waals surface area contributed by atoms with Crippen molar-refractivity contribution in [3.63, 3.8) is 0 Å². The highest BCUT2D eigenvalue weighted by molar-refractivity contribution is 4.99. The van der Waals surface area contributed by atoms with Crippen LogP contribution in [0.15, 0.2) is 0 Å². The molecule has 4 nitrogen and oxygen atoms in total. The number of methoxy groups -OCH3 is 1. The molecular weight excluding hydrogens is 182 g/mol. The molecule has 4 heteroatoms. The molecule has 0 aromatic carbocycles. The largest absolute Gasteiger partial charge is 0.395 e. The molecule has 0 aromatic rings. The van der Waals surface area contributed by atoms with Gasteiger partial charge >= 0.3 is 0 Å². The van der Waals surface area contributed by atoms with Crippen molar-refractivity contribution in [2.24, 2.45) is 5.41 Å². The summed E-state index contributed by atoms with van der Waals surface area (Å²) in [5, 5.41) is 18.1. The van der Waals surface area contributed by atoms with E-state index in [1.165, 1.54) is 7.11 Å². The zero-order chi connectivity index (χ0) is 11.2. The Balaban J connectivity index is 4.31. The van der Waals surface area contributed by atoms with Crippen molar-refractivity contribution in [3.05, 3.63) is 0 Å². The second-order valence-electron chi connectivity index (χ2n) is 4.38. The average molecular weight is 201 g/mol. The van der Waals surface area contributed by atoms with E-state index in [1.807, 2.05) is 26.8 Å². The van der Waals surface area contributed by atoms with Gasteiger partial charge in [0, 0.05) is 7.11 Å². The van der Waals surface area contributed by atoms with Crippen molar-refractivity contribution >= 4 is 0 Å². The average Bonchev–Trinajstić information content (AvgIpc) is 2.11. The highest BCUT2D eigenvalue weighted by Crippen LogP contribution is 2.19. The van der Waals surface area contributed by atoms with Gasteiger partial charge in [-0.25, -0.2) is 0 Å². The summed E-state index contributed by atoms with van der Waals surface area (Å²) < 4.78 is 10.4. The van der Waals surface area contributed by atoms with Gasteiger partial charge in [-0.05, 0) is 20.8 Å². The van der Waals surface area contributed by atoms with E-state index in [4.69, 9.17) is 19.8 Å². The lowest BCUT2D eigenvalue weighted by Gasteiger charge is -2.28. The Bertz CT molecular complexity index is 204. The monoisotopic (exact) mass is 201 g/mol. The molecule has 0 saturated carbocycles. The van der Waals surface area contributed by atoms with Gasteiger partial charge in [-0.3, -0.25) is 0 Å². The van der Waals surface area contributed by atoms with E-state index in [-0.39, 0.29) is 25.4 Å². The Kier molecular flexibility index (Phi) is 5.06. The van der Waals surface area contributed by atoms with E-state index in [9.17, 15) is 0 Å². The predicted molar refractivity (Wildman–Crippen MR) is 52.7 cm³/mol. The molecule has 14 heavy (non-hydrogen) atoms. The molecular formula is C10H19NO3. The van der Waals surface area contributed by atoms with Gasteiger partial charge in [0.05, 0.1) is 31.5 Å². The number of ether oxygens (including phenoxy) is 2. The van der Waals surface area contributed by atoms with Crippen LogP contribution in [-0.4, -0.2) is 37.6 Å². The van der Waals surface area contributed by atoms with Crippen LogP contribution in [0.4, 0.5) is 0 Å². The SMILES string of the molecule is COCC(C#N)(CO)COC(C)(C)C. The molecule has 0 fully saturated rings. The molecule has 0 bridgehead atoms. The van der Waals surface area contributed by atoms with Gasteiger partial charge in [-0.2, -0.15) is 5.26 Å². The van der Waals surface area contributed by atoms with Gasteiger partial charge in [0.25, 0.3) is 0 Å². The smallest absolute Gasteiger partial charge is 0.127 e. The molecule has 0 aromatic heterocycles. The lowest BCUT2D eigenvalue weighted by atomic mass is 9.93. The number of nitriles is 1. The molecule has 0 aliphatic carbocycles. The third-order valence-corrected chi connectivity index (χ3v) is 1.74. The fourth-order valence-electron chi connectivity index (χ4n) is 0.864. The van der Waals surface area contributed by atoms with Gasteiger partial charge in [0.15, 0.2) is 0 Å². The first-order chi connectivity index (χ1) is 6.39. The van der Waals surface area contributed by atoms with Crippen molar-refractivity contribution in [3.8, 4) is 6.07 Å². The number of nitrogens with zero attached hydrogens (tertiary/aromatic N) is 1. The first kappa shape index (κ1) is 13.4. The van der Waals surface area contributed by atoms with E-state index in [2.05, 4.69) is 0 Å². The Hall–Kier alpha value is -0.630. The lowest BCUT2D eigenvalue weighted by Crippen LogP contribution is -2.37. The first-order valence-electron chi connectivity index (χ1n) is 4.54. The second-order valence-corrected chi connectivity index (χ2v) is 4.38. The zero-order valence-electron chi connectivity index (χ0n) is 9.33. The van der Waals surface area contributed by atoms with Crippen LogP contribution in [0.1, 0.15) is 20.8 Å². The van der Waals surface area contributed by atoms with Gasteiger partial charge in [-0.1, -0.05) is 0 Å². The minimum atomic E-state index is -0.942. The fourth-order valence-corrected chi connectivity index (χ4v) is 0.864. The van der Waals surface area contributed by atoms with E-state index in [0.717, 1.165) is 0 Å². The maximum atomic E-state index is 9.12. The normalized spacial score (nSPS) is 16.0. The minimum absolute atomic E-state index is 0.177. The molecule has 1 N–H and O–H groups in total. The summed E-state index contributed by atoms with van der Waals surface area (Å²) in [7, 11) is 1.50. The summed E-state index contributed by atoms with van der Waals surface area (Å²) in [6.07, 6.45) is 0. The Labute approximate surface area is 85.4 Å². The van der Waals surface area contributed by atoms with E-state index in [1.54, 1.807) is 0 Å². The maximum absolute atomic E-state index is 9.12. The van der Waals surface area contributed by atoms with Gasteiger partial charge < -0.3 is 14.6 Å². The molecule has 0 saturated heterocycles. The molecule has 1 atom stereocenters. The van der Waals surface area contributed by atoms with Crippen LogP contribution in [0.25, 0.3) is 0 Å². The van der Waals surface area contributed by atoms with Crippen molar-refractivity contribution in [1.82, 2.24) is 0 Å². The minimum Gasteiger partial charge on any atom is -0.395 e. The fraction of sp³-hybridized carbons (Fsp3) is 0.900. The van der Waals surface area contributed by atoms with Gasteiger partial charge in [-0.15, -0.1) is 0 Å². The highest BCUT2D eigenvalue weighted by Gasteiger charge is 2.31.